The second-order valence-electron chi connectivity index (χ2n) is 15.5. The number of hydrogen-bond donors (Lipinski definition) is 0. The number of allylic oxidation sites excluding steroid dienone is 1. The highest BCUT2D eigenvalue weighted by atomic mass is 35.5. The fourth-order valence-corrected chi connectivity index (χ4v) is 9.24. The number of thioether (sulfide) groups is 1. The first-order valence-corrected chi connectivity index (χ1v) is 19.5. The minimum atomic E-state index is -0.580. The lowest BCUT2D eigenvalue weighted by Crippen LogP contribution is -2.50. The number of hydrogen-bond acceptors (Lipinski definition) is 8. The molecular weight excluding hydrogens is 666 g/mol. The number of aromatic nitrogens is 2. The fraction of sp³-hybridized carbons (Fsp3) is 0.537. The van der Waals surface area contributed by atoms with Crippen LogP contribution in [0, 0.1) is 17.8 Å². The SMILES string of the molecule is CO[C@@H](/C(C)=C/C(C)CCSc1ncccn1)[C@@H]1CC[C@H]1CN1C[C@@]2(CCCc3cc(Cl)ccc32)COc2ccc(C(=O)OC(C)(C)C)cc21. The van der Waals surface area contributed by atoms with Crippen molar-refractivity contribution in [2.45, 2.75) is 95.4 Å². The number of rotatable bonds is 11. The highest BCUT2D eigenvalue weighted by Crippen LogP contribution is 2.47. The third kappa shape index (κ3) is 8.51. The van der Waals surface area contributed by atoms with Gasteiger partial charge in [0.25, 0.3) is 0 Å². The van der Waals surface area contributed by atoms with Crippen LogP contribution >= 0.6 is 23.4 Å². The maximum atomic E-state index is 13.3. The second-order valence-corrected chi connectivity index (χ2v) is 17.0. The van der Waals surface area contributed by atoms with E-state index in [9.17, 15) is 4.79 Å². The molecule has 3 aliphatic rings. The number of fused-ring (bicyclic) bond motifs is 3. The molecule has 0 radical (unpaired) electrons. The van der Waals surface area contributed by atoms with Gasteiger partial charge in [-0.15, -0.1) is 0 Å². The molecule has 0 amide bonds. The summed E-state index contributed by atoms with van der Waals surface area (Å²) >= 11 is 8.19. The molecule has 5 atom stereocenters. The number of methoxy groups -OCH3 is 1. The number of carbonyl (C=O) groups is 1. The van der Waals surface area contributed by atoms with Crippen LogP contribution in [0.4, 0.5) is 5.69 Å². The predicted molar refractivity (Wildman–Crippen MR) is 203 cm³/mol. The van der Waals surface area contributed by atoms with Crippen LogP contribution in [0.25, 0.3) is 0 Å². The van der Waals surface area contributed by atoms with E-state index in [0.717, 1.165) is 79.0 Å². The minimum Gasteiger partial charge on any atom is -0.490 e. The molecule has 268 valence electrons. The Morgan fingerprint density at radius 2 is 1.98 bits per heavy atom. The Balaban J connectivity index is 1.24. The Morgan fingerprint density at radius 1 is 1.18 bits per heavy atom. The summed E-state index contributed by atoms with van der Waals surface area (Å²) < 4.78 is 18.7. The number of halogens is 1. The highest BCUT2D eigenvalue weighted by molar-refractivity contribution is 7.99. The Morgan fingerprint density at radius 3 is 2.70 bits per heavy atom. The van der Waals surface area contributed by atoms with Crippen molar-refractivity contribution in [3.63, 3.8) is 0 Å². The summed E-state index contributed by atoms with van der Waals surface area (Å²) in [4.78, 5) is 24.5. The van der Waals surface area contributed by atoms with Crippen molar-refractivity contribution in [2.24, 2.45) is 17.8 Å². The summed E-state index contributed by atoms with van der Waals surface area (Å²) in [5.74, 6) is 2.73. The third-order valence-corrected chi connectivity index (χ3v) is 11.7. The highest BCUT2D eigenvalue weighted by Gasteiger charge is 2.45. The van der Waals surface area contributed by atoms with E-state index in [2.05, 4.69) is 46.9 Å². The average Bonchev–Trinajstić information content (AvgIpc) is 3.21. The van der Waals surface area contributed by atoms with Crippen molar-refractivity contribution in [2.75, 3.05) is 37.5 Å². The van der Waals surface area contributed by atoms with Crippen molar-refractivity contribution >= 4 is 35.0 Å². The van der Waals surface area contributed by atoms with Crippen LogP contribution in [0.15, 0.2) is 71.7 Å². The molecule has 1 saturated carbocycles. The number of benzene rings is 2. The summed E-state index contributed by atoms with van der Waals surface area (Å²) in [6.07, 6.45) is 12.5. The Hall–Kier alpha value is -3.07. The van der Waals surface area contributed by atoms with Crippen molar-refractivity contribution in [3.8, 4) is 5.75 Å². The molecule has 1 fully saturated rings. The zero-order valence-electron chi connectivity index (χ0n) is 30.4. The molecule has 0 saturated heterocycles. The zero-order chi connectivity index (χ0) is 35.5. The van der Waals surface area contributed by atoms with Crippen molar-refractivity contribution in [1.29, 1.82) is 0 Å². The fourth-order valence-electron chi connectivity index (χ4n) is 8.10. The van der Waals surface area contributed by atoms with Gasteiger partial charge >= 0.3 is 5.97 Å². The van der Waals surface area contributed by atoms with Gasteiger partial charge in [0.05, 0.1) is 24.0 Å². The summed E-state index contributed by atoms with van der Waals surface area (Å²) in [5, 5.41) is 1.61. The number of nitrogens with zero attached hydrogens (tertiary/aromatic N) is 3. The van der Waals surface area contributed by atoms with Crippen LogP contribution in [0.1, 0.15) is 88.2 Å². The van der Waals surface area contributed by atoms with Gasteiger partial charge in [-0.25, -0.2) is 14.8 Å². The molecule has 1 aromatic heterocycles. The van der Waals surface area contributed by atoms with Gasteiger partial charge in [-0.05, 0) is 137 Å². The molecule has 50 heavy (non-hydrogen) atoms. The maximum absolute atomic E-state index is 13.3. The molecule has 1 aliphatic heterocycles. The molecule has 2 aliphatic carbocycles. The van der Waals surface area contributed by atoms with Gasteiger partial charge in [0, 0.05) is 48.8 Å². The zero-order valence-corrected chi connectivity index (χ0v) is 32.0. The molecule has 1 unspecified atom stereocenters. The average molecular weight is 718 g/mol. The Kier molecular flexibility index (Phi) is 11.5. The minimum absolute atomic E-state index is 0.0589. The van der Waals surface area contributed by atoms with Crippen LogP contribution in [0.2, 0.25) is 5.02 Å². The van der Waals surface area contributed by atoms with Gasteiger partial charge in [0.15, 0.2) is 5.16 Å². The van der Waals surface area contributed by atoms with Gasteiger partial charge in [-0.3, -0.25) is 0 Å². The number of anilines is 1. The van der Waals surface area contributed by atoms with Gasteiger partial charge in [-0.2, -0.15) is 0 Å². The lowest BCUT2D eigenvalue weighted by atomic mass is 9.67. The van der Waals surface area contributed by atoms with Gasteiger partial charge in [-0.1, -0.05) is 42.4 Å². The van der Waals surface area contributed by atoms with Crippen LogP contribution in [0.3, 0.4) is 0 Å². The van der Waals surface area contributed by atoms with E-state index in [0.29, 0.717) is 29.9 Å². The summed E-state index contributed by atoms with van der Waals surface area (Å²) in [6.45, 7) is 12.5. The first-order valence-electron chi connectivity index (χ1n) is 18.1. The first kappa shape index (κ1) is 36.7. The normalized spacial score (nSPS) is 23.2. The molecule has 7 nitrogen and oxygen atoms in total. The lowest BCUT2D eigenvalue weighted by molar-refractivity contribution is 0.00601. The predicted octanol–water partition coefficient (Wildman–Crippen LogP) is 9.36. The van der Waals surface area contributed by atoms with Crippen LogP contribution in [-0.2, 0) is 21.3 Å². The van der Waals surface area contributed by atoms with E-state index < -0.39 is 5.60 Å². The van der Waals surface area contributed by atoms with Crippen LogP contribution in [0.5, 0.6) is 5.75 Å². The number of esters is 1. The quantitative estimate of drug-likeness (QED) is 0.0841. The van der Waals surface area contributed by atoms with Crippen molar-refractivity contribution in [1.82, 2.24) is 9.97 Å². The van der Waals surface area contributed by atoms with E-state index in [-0.39, 0.29) is 17.5 Å². The molecule has 3 aromatic rings. The summed E-state index contributed by atoms with van der Waals surface area (Å²) in [6, 6.07) is 14.0. The molecular formula is C41H52ClN3O4S. The number of ether oxygens (including phenoxy) is 3. The third-order valence-electron chi connectivity index (χ3n) is 10.6. The summed E-state index contributed by atoms with van der Waals surface area (Å²) in [5.41, 5.74) is 4.70. The van der Waals surface area contributed by atoms with Crippen molar-refractivity contribution < 1.29 is 19.0 Å². The Bertz CT molecular complexity index is 1680. The molecule has 9 heteroatoms. The van der Waals surface area contributed by atoms with Gasteiger partial charge in [0.1, 0.15) is 11.4 Å². The number of aryl methyl sites for hydroxylation is 1. The smallest absolute Gasteiger partial charge is 0.338 e. The number of carbonyl (C=O) groups excluding carboxylic acids is 1. The monoisotopic (exact) mass is 717 g/mol. The second kappa shape index (κ2) is 15.7. The molecule has 2 heterocycles. The largest absolute Gasteiger partial charge is 0.490 e. The molecule has 1 spiro atoms. The van der Waals surface area contributed by atoms with Crippen molar-refractivity contribution in [3.05, 3.63) is 88.2 Å². The first-order chi connectivity index (χ1) is 23.9. The standard InChI is InChI=1S/C41H52ClN3O4S/c1-27(16-20-50-39-43-18-8-19-44-39)21-28(2)37(47-6)33-13-10-31(33)24-45-25-41(17-7-9-29-22-32(42)12-14-34(29)41)26-48-36-15-11-30(23-35(36)45)38(46)49-40(3,4)5/h8,11-12,14-15,18-19,21-23,27,31,33,37H,7,9-10,13,16-17,20,24-26H2,1-6H3/b28-21+/t27?,31-,33+,37-,41-/m0/s1. The van der Waals surface area contributed by atoms with E-state index >= 15 is 0 Å². The van der Waals surface area contributed by atoms with E-state index in [1.807, 2.05) is 58.2 Å². The van der Waals surface area contributed by atoms with Gasteiger partial charge in [0.2, 0.25) is 0 Å². The van der Waals surface area contributed by atoms with Crippen LogP contribution < -0.4 is 9.64 Å². The maximum Gasteiger partial charge on any atom is 0.338 e. The molecule has 6 rings (SSSR count). The topological polar surface area (TPSA) is 73.8 Å². The molecule has 0 bridgehead atoms. The lowest BCUT2D eigenvalue weighted by Gasteiger charge is -2.46. The van der Waals surface area contributed by atoms with E-state index in [4.69, 9.17) is 25.8 Å². The van der Waals surface area contributed by atoms with Gasteiger partial charge < -0.3 is 19.1 Å². The molecule has 2 aromatic carbocycles. The molecule has 0 N–H and O–H groups in total. The Labute approximate surface area is 307 Å². The van der Waals surface area contributed by atoms with E-state index in [1.165, 1.54) is 16.7 Å². The summed E-state index contributed by atoms with van der Waals surface area (Å²) in [7, 11) is 1.85. The van der Waals surface area contributed by atoms with E-state index in [1.54, 1.807) is 24.2 Å². The van der Waals surface area contributed by atoms with Crippen LogP contribution in [-0.4, -0.2) is 60.2 Å².